The van der Waals surface area contributed by atoms with Crippen LogP contribution in [0.4, 0.5) is 11.4 Å². The molecule has 5 heteroatoms. The van der Waals surface area contributed by atoms with Crippen molar-refractivity contribution in [3.05, 3.63) is 58.6 Å². The van der Waals surface area contributed by atoms with Gasteiger partial charge in [-0.3, -0.25) is 9.59 Å². The second kappa shape index (κ2) is 5.95. The Balaban J connectivity index is 1.81. The van der Waals surface area contributed by atoms with Crippen molar-refractivity contribution in [2.24, 2.45) is 0 Å². The van der Waals surface area contributed by atoms with Gasteiger partial charge >= 0.3 is 0 Å². The van der Waals surface area contributed by atoms with E-state index in [1.807, 2.05) is 45.0 Å². The van der Waals surface area contributed by atoms with E-state index in [1.165, 1.54) is 0 Å². The van der Waals surface area contributed by atoms with E-state index in [2.05, 4.69) is 5.32 Å². The van der Waals surface area contributed by atoms with E-state index in [4.69, 9.17) is 11.6 Å². The van der Waals surface area contributed by atoms with Crippen LogP contribution in [0.25, 0.3) is 0 Å². The first kappa shape index (κ1) is 16.5. The van der Waals surface area contributed by atoms with Gasteiger partial charge in [0.2, 0.25) is 11.8 Å². The largest absolute Gasteiger partial charge is 0.324 e. The predicted octanol–water partition coefficient (Wildman–Crippen LogP) is 3.91. The number of para-hydroxylation sites is 1. The fourth-order valence-electron chi connectivity index (χ4n) is 3.06. The summed E-state index contributed by atoms with van der Waals surface area (Å²) in [6, 6.07) is 12.9. The van der Waals surface area contributed by atoms with Gasteiger partial charge in [0.1, 0.15) is 6.54 Å². The topological polar surface area (TPSA) is 49.4 Å². The third kappa shape index (κ3) is 2.78. The average Bonchev–Trinajstić information content (AvgIpc) is 2.72. The molecule has 1 aliphatic heterocycles. The summed E-state index contributed by atoms with van der Waals surface area (Å²) in [5.74, 6) is -0.298. The van der Waals surface area contributed by atoms with Crippen molar-refractivity contribution in [2.75, 3.05) is 16.8 Å². The quantitative estimate of drug-likeness (QED) is 0.919. The summed E-state index contributed by atoms with van der Waals surface area (Å²) in [5.41, 5.74) is 2.71. The number of anilines is 2. The van der Waals surface area contributed by atoms with E-state index in [1.54, 1.807) is 23.1 Å². The summed E-state index contributed by atoms with van der Waals surface area (Å²) in [6.45, 7) is 5.63. The highest BCUT2D eigenvalue weighted by Crippen LogP contribution is 2.41. The highest BCUT2D eigenvalue weighted by Gasteiger charge is 2.44. The second-order valence-electron chi connectivity index (χ2n) is 6.54. The van der Waals surface area contributed by atoms with Crippen LogP contribution in [-0.2, 0) is 15.0 Å². The van der Waals surface area contributed by atoms with E-state index in [-0.39, 0.29) is 18.4 Å². The molecule has 0 radical (unpaired) electrons. The van der Waals surface area contributed by atoms with Gasteiger partial charge in [-0.2, -0.15) is 0 Å². The van der Waals surface area contributed by atoms with Crippen molar-refractivity contribution >= 4 is 34.8 Å². The molecule has 0 spiro atoms. The molecule has 2 amide bonds. The van der Waals surface area contributed by atoms with Crippen molar-refractivity contribution < 1.29 is 9.59 Å². The number of carbonyl (C=O) groups excluding carboxylic acids is 2. The van der Waals surface area contributed by atoms with Crippen molar-refractivity contribution in [1.29, 1.82) is 0 Å². The van der Waals surface area contributed by atoms with Gasteiger partial charge in [-0.25, -0.2) is 0 Å². The number of hydrogen-bond acceptors (Lipinski definition) is 2. The Kier molecular flexibility index (Phi) is 4.10. The fourth-order valence-corrected chi connectivity index (χ4v) is 3.28. The van der Waals surface area contributed by atoms with E-state index in [0.717, 1.165) is 16.8 Å². The minimum Gasteiger partial charge on any atom is -0.324 e. The van der Waals surface area contributed by atoms with Crippen molar-refractivity contribution in [3.8, 4) is 0 Å². The smallest absolute Gasteiger partial charge is 0.244 e. The Bertz CT molecular complexity index is 830. The second-order valence-corrected chi connectivity index (χ2v) is 6.98. The number of benzene rings is 2. The van der Waals surface area contributed by atoms with E-state index < -0.39 is 5.41 Å². The standard InChI is InChI=1S/C19H19ClN2O2/c1-12-10-13(20)8-9-15(12)21-17(23)11-22-16-7-5-4-6-14(16)19(2,3)18(22)24/h4-10H,11H2,1-3H3,(H,21,23). The Morgan fingerprint density at radius 3 is 2.62 bits per heavy atom. The maximum Gasteiger partial charge on any atom is 0.244 e. The van der Waals surface area contributed by atoms with E-state index in [9.17, 15) is 9.59 Å². The number of amides is 2. The van der Waals surface area contributed by atoms with Crippen LogP contribution in [0, 0.1) is 6.92 Å². The van der Waals surface area contributed by atoms with Gasteiger partial charge < -0.3 is 10.2 Å². The first-order chi connectivity index (χ1) is 11.3. The minimum atomic E-state index is -0.618. The number of fused-ring (bicyclic) bond motifs is 1. The van der Waals surface area contributed by atoms with Gasteiger partial charge in [-0.05, 0) is 56.2 Å². The molecule has 0 saturated carbocycles. The van der Waals surface area contributed by atoms with Crippen molar-refractivity contribution in [3.63, 3.8) is 0 Å². The van der Waals surface area contributed by atoms with Crippen LogP contribution >= 0.6 is 11.6 Å². The molecular formula is C19H19ClN2O2. The van der Waals surface area contributed by atoms with Gasteiger partial charge in [0.15, 0.2) is 0 Å². The molecule has 3 rings (SSSR count). The minimum absolute atomic E-state index is 0.0126. The Labute approximate surface area is 146 Å². The van der Waals surface area contributed by atoms with Gasteiger partial charge in [-0.1, -0.05) is 29.8 Å². The van der Waals surface area contributed by atoms with Crippen LogP contribution in [0.3, 0.4) is 0 Å². The van der Waals surface area contributed by atoms with Crippen LogP contribution in [0.2, 0.25) is 5.02 Å². The molecule has 4 nitrogen and oxygen atoms in total. The zero-order chi connectivity index (χ0) is 17.5. The first-order valence-electron chi connectivity index (χ1n) is 7.78. The number of halogens is 1. The maximum absolute atomic E-state index is 12.7. The van der Waals surface area contributed by atoms with Crippen LogP contribution in [0.1, 0.15) is 25.0 Å². The Morgan fingerprint density at radius 2 is 1.92 bits per heavy atom. The molecule has 1 N–H and O–H groups in total. The normalized spacial score (nSPS) is 15.3. The fraction of sp³-hybridized carbons (Fsp3) is 0.263. The lowest BCUT2D eigenvalue weighted by molar-refractivity contribution is -0.124. The number of nitrogens with one attached hydrogen (secondary N) is 1. The number of hydrogen-bond donors (Lipinski definition) is 1. The summed E-state index contributed by atoms with van der Waals surface area (Å²) >= 11 is 5.93. The molecule has 0 aromatic heterocycles. The van der Waals surface area contributed by atoms with E-state index >= 15 is 0 Å². The molecule has 0 aliphatic carbocycles. The molecule has 0 fully saturated rings. The van der Waals surface area contributed by atoms with Crippen LogP contribution < -0.4 is 10.2 Å². The number of carbonyl (C=O) groups is 2. The third-order valence-electron chi connectivity index (χ3n) is 4.41. The lowest BCUT2D eigenvalue weighted by Crippen LogP contribution is -2.40. The summed E-state index contributed by atoms with van der Waals surface area (Å²) < 4.78 is 0. The lowest BCUT2D eigenvalue weighted by atomic mass is 9.86. The molecule has 124 valence electrons. The maximum atomic E-state index is 12.7. The van der Waals surface area contributed by atoms with Gasteiger partial charge in [0, 0.05) is 16.4 Å². The molecular weight excluding hydrogens is 324 g/mol. The molecule has 0 atom stereocenters. The molecule has 0 saturated heterocycles. The highest BCUT2D eigenvalue weighted by molar-refractivity contribution is 6.30. The highest BCUT2D eigenvalue weighted by atomic mass is 35.5. The zero-order valence-electron chi connectivity index (χ0n) is 13.9. The Morgan fingerprint density at radius 1 is 1.21 bits per heavy atom. The molecule has 2 aromatic rings. The molecule has 2 aromatic carbocycles. The average molecular weight is 343 g/mol. The number of nitrogens with zero attached hydrogens (tertiary/aromatic N) is 1. The molecule has 24 heavy (non-hydrogen) atoms. The van der Waals surface area contributed by atoms with Crippen LogP contribution in [0.15, 0.2) is 42.5 Å². The van der Waals surface area contributed by atoms with Gasteiger partial charge in [-0.15, -0.1) is 0 Å². The SMILES string of the molecule is Cc1cc(Cl)ccc1NC(=O)CN1C(=O)C(C)(C)c2ccccc21. The number of aryl methyl sites for hydroxylation is 1. The van der Waals surface area contributed by atoms with Gasteiger partial charge in [0.05, 0.1) is 5.41 Å². The summed E-state index contributed by atoms with van der Waals surface area (Å²) in [7, 11) is 0. The van der Waals surface area contributed by atoms with Crippen molar-refractivity contribution in [1.82, 2.24) is 0 Å². The molecule has 1 heterocycles. The molecule has 0 bridgehead atoms. The lowest BCUT2D eigenvalue weighted by Gasteiger charge is -2.20. The van der Waals surface area contributed by atoms with Crippen LogP contribution in [-0.4, -0.2) is 18.4 Å². The van der Waals surface area contributed by atoms with Crippen molar-refractivity contribution in [2.45, 2.75) is 26.2 Å². The Hall–Kier alpha value is -2.33. The predicted molar refractivity (Wildman–Crippen MR) is 96.6 cm³/mol. The number of rotatable bonds is 3. The van der Waals surface area contributed by atoms with Crippen LogP contribution in [0.5, 0.6) is 0 Å². The van der Waals surface area contributed by atoms with Gasteiger partial charge in [0.25, 0.3) is 0 Å². The third-order valence-corrected chi connectivity index (χ3v) is 4.65. The zero-order valence-corrected chi connectivity index (χ0v) is 14.6. The molecule has 0 unspecified atom stereocenters. The summed E-state index contributed by atoms with van der Waals surface area (Å²) in [4.78, 5) is 26.7. The summed E-state index contributed by atoms with van der Waals surface area (Å²) in [6.07, 6.45) is 0. The first-order valence-corrected chi connectivity index (χ1v) is 8.16. The monoisotopic (exact) mass is 342 g/mol. The van der Waals surface area contributed by atoms with E-state index in [0.29, 0.717) is 10.7 Å². The molecule has 1 aliphatic rings. The summed E-state index contributed by atoms with van der Waals surface area (Å²) in [5, 5.41) is 3.47.